The Balaban J connectivity index is 1.73. The van der Waals surface area contributed by atoms with Gasteiger partial charge in [0.1, 0.15) is 5.76 Å². The molecule has 4 rings (SSSR count). The summed E-state index contributed by atoms with van der Waals surface area (Å²) in [5.41, 5.74) is 3.37. The molecular weight excluding hydrogens is 340 g/mol. The fourth-order valence-electron chi connectivity index (χ4n) is 3.89. The van der Waals surface area contributed by atoms with E-state index < -0.39 is 0 Å². The first-order valence-corrected chi connectivity index (χ1v) is 9.08. The van der Waals surface area contributed by atoms with Crippen LogP contribution in [0, 0.1) is 19.3 Å². The molecule has 0 saturated carbocycles. The number of hydrogen-bond donors (Lipinski definition) is 1. The van der Waals surface area contributed by atoms with Crippen LogP contribution in [0.5, 0.6) is 0 Å². The standard InChI is InChI=1S/C22H22N2O3/c1-12-9-16(14-7-5-6-8-15(14)23-12)24-21(26)20-13(2)19-17(25)10-22(3,4)11-18(19)27-20/h5-9H,10-11H2,1-4H3,(H,23,24,26). The van der Waals surface area contributed by atoms with E-state index in [9.17, 15) is 9.59 Å². The highest BCUT2D eigenvalue weighted by Crippen LogP contribution is 2.38. The Labute approximate surface area is 157 Å². The smallest absolute Gasteiger partial charge is 0.291 e. The minimum absolute atomic E-state index is 0.0479. The van der Waals surface area contributed by atoms with E-state index in [1.807, 2.05) is 51.1 Å². The lowest BCUT2D eigenvalue weighted by molar-refractivity contribution is 0.0898. The number of ketones is 1. The molecular formula is C22H22N2O3. The summed E-state index contributed by atoms with van der Waals surface area (Å²) in [5.74, 6) is 0.536. The average molecular weight is 362 g/mol. The van der Waals surface area contributed by atoms with Crippen molar-refractivity contribution in [2.24, 2.45) is 5.41 Å². The number of nitrogens with zero attached hydrogens (tertiary/aromatic N) is 1. The first kappa shape index (κ1) is 17.5. The number of aryl methyl sites for hydroxylation is 1. The van der Waals surface area contributed by atoms with Crippen LogP contribution in [0.1, 0.15) is 58.2 Å². The molecule has 0 aliphatic heterocycles. The number of pyridine rings is 1. The number of anilines is 1. The number of Topliss-reactive ketones (excluding diaryl/α,β-unsaturated/α-hetero) is 1. The van der Waals surface area contributed by atoms with Crippen LogP contribution >= 0.6 is 0 Å². The maximum atomic E-state index is 12.9. The second kappa shape index (κ2) is 6.05. The molecule has 27 heavy (non-hydrogen) atoms. The number of carbonyl (C=O) groups is 2. The highest BCUT2D eigenvalue weighted by atomic mass is 16.4. The SMILES string of the molecule is Cc1cc(NC(=O)c2oc3c(c2C)C(=O)CC(C)(C)C3)c2ccccc2n1. The van der Waals surface area contributed by atoms with Gasteiger partial charge in [0.05, 0.1) is 16.8 Å². The summed E-state index contributed by atoms with van der Waals surface area (Å²) < 4.78 is 5.87. The molecule has 3 aromatic rings. The third kappa shape index (κ3) is 3.03. The molecule has 138 valence electrons. The Morgan fingerprint density at radius 3 is 2.70 bits per heavy atom. The molecule has 1 amide bonds. The summed E-state index contributed by atoms with van der Waals surface area (Å²) in [6, 6.07) is 9.50. The topological polar surface area (TPSA) is 72.2 Å². The van der Waals surface area contributed by atoms with Gasteiger partial charge in [-0.25, -0.2) is 0 Å². The van der Waals surface area contributed by atoms with Gasteiger partial charge >= 0.3 is 0 Å². The van der Waals surface area contributed by atoms with Crippen LogP contribution in [0.3, 0.4) is 0 Å². The van der Waals surface area contributed by atoms with E-state index in [0.29, 0.717) is 35.4 Å². The average Bonchev–Trinajstić information content (AvgIpc) is 2.90. The summed E-state index contributed by atoms with van der Waals surface area (Å²) in [6.07, 6.45) is 1.12. The van der Waals surface area contributed by atoms with Crippen molar-refractivity contribution in [3.05, 3.63) is 58.7 Å². The molecule has 5 heteroatoms. The van der Waals surface area contributed by atoms with E-state index in [1.165, 1.54) is 0 Å². The van der Waals surface area contributed by atoms with E-state index >= 15 is 0 Å². The Morgan fingerprint density at radius 1 is 1.19 bits per heavy atom. The van der Waals surface area contributed by atoms with Crippen molar-refractivity contribution >= 4 is 28.3 Å². The first-order chi connectivity index (χ1) is 12.7. The normalized spacial score (nSPS) is 15.6. The van der Waals surface area contributed by atoms with Gasteiger partial charge in [-0.15, -0.1) is 0 Å². The number of rotatable bonds is 2. The van der Waals surface area contributed by atoms with E-state index in [4.69, 9.17) is 4.42 Å². The van der Waals surface area contributed by atoms with Crippen LogP contribution in [0.2, 0.25) is 0 Å². The van der Waals surface area contributed by atoms with Crippen LogP contribution in [-0.4, -0.2) is 16.7 Å². The number of fused-ring (bicyclic) bond motifs is 2. The van der Waals surface area contributed by atoms with Crippen LogP contribution in [0.25, 0.3) is 10.9 Å². The number of furan rings is 1. The van der Waals surface area contributed by atoms with Crippen LogP contribution in [-0.2, 0) is 6.42 Å². The fourth-order valence-corrected chi connectivity index (χ4v) is 3.89. The van der Waals surface area contributed by atoms with Gasteiger partial charge in [0.25, 0.3) is 5.91 Å². The van der Waals surface area contributed by atoms with Crippen LogP contribution < -0.4 is 5.32 Å². The number of para-hydroxylation sites is 1. The third-order valence-electron chi connectivity index (χ3n) is 5.08. The number of hydrogen-bond acceptors (Lipinski definition) is 4. The number of aromatic nitrogens is 1. The quantitative estimate of drug-likeness (QED) is 0.707. The largest absolute Gasteiger partial charge is 0.455 e. The summed E-state index contributed by atoms with van der Waals surface area (Å²) in [5, 5.41) is 3.81. The molecule has 1 aromatic carbocycles. The predicted molar refractivity (Wildman–Crippen MR) is 104 cm³/mol. The zero-order valence-electron chi connectivity index (χ0n) is 16.0. The van der Waals surface area contributed by atoms with Gasteiger partial charge in [0, 0.05) is 29.5 Å². The highest BCUT2D eigenvalue weighted by Gasteiger charge is 2.37. The van der Waals surface area contributed by atoms with Crippen LogP contribution in [0.15, 0.2) is 34.7 Å². The van der Waals surface area contributed by atoms with Gasteiger partial charge in [-0.05, 0) is 31.4 Å². The van der Waals surface area contributed by atoms with Crippen molar-refractivity contribution in [3.63, 3.8) is 0 Å². The van der Waals surface area contributed by atoms with Gasteiger partial charge in [0.2, 0.25) is 0 Å². The third-order valence-corrected chi connectivity index (χ3v) is 5.08. The van der Waals surface area contributed by atoms with Gasteiger partial charge in [-0.3, -0.25) is 14.6 Å². The van der Waals surface area contributed by atoms with E-state index in [0.717, 1.165) is 16.6 Å². The van der Waals surface area contributed by atoms with Crippen molar-refractivity contribution in [1.82, 2.24) is 4.98 Å². The molecule has 1 aliphatic rings. The molecule has 0 unspecified atom stereocenters. The lowest BCUT2D eigenvalue weighted by Crippen LogP contribution is -2.26. The maximum absolute atomic E-state index is 12.9. The number of amides is 1. The maximum Gasteiger partial charge on any atom is 0.291 e. The fraction of sp³-hybridized carbons (Fsp3) is 0.318. The molecule has 0 atom stereocenters. The molecule has 0 spiro atoms. The van der Waals surface area contributed by atoms with Crippen LogP contribution in [0.4, 0.5) is 5.69 Å². The molecule has 0 saturated heterocycles. The molecule has 0 fully saturated rings. The second-order valence-electron chi connectivity index (χ2n) is 8.08. The number of nitrogens with one attached hydrogen (secondary N) is 1. The molecule has 1 N–H and O–H groups in total. The molecule has 0 bridgehead atoms. The van der Waals surface area contributed by atoms with Crippen molar-refractivity contribution < 1.29 is 14.0 Å². The van der Waals surface area contributed by atoms with Crippen molar-refractivity contribution in [1.29, 1.82) is 0 Å². The molecule has 2 heterocycles. The van der Waals surface area contributed by atoms with Crippen molar-refractivity contribution in [2.45, 2.75) is 40.5 Å². The Hall–Kier alpha value is -2.95. The van der Waals surface area contributed by atoms with Gasteiger partial charge in [0.15, 0.2) is 11.5 Å². The van der Waals surface area contributed by atoms with E-state index in [2.05, 4.69) is 10.3 Å². The lowest BCUT2D eigenvalue weighted by Gasteiger charge is -2.27. The predicted octanol–water partition coefficient (Wildman–Crippen LogP) is 4.85. The Bertz CT molecular complexity index is 1090. The van der Waals surface area contributed by atoms with Gasteiger partial charge in [-0.2, -0.15) is 0 Å². The molecule has 2 aromatic heterocycles. The van der Waals surface area contributed by atoms with E-state index in [-0.39, 0.29) is 22.9 Å². The Kier molecular flexibility index (Phi) is 3.91. The highest BCUT2D eigenvalue weighted by molar-refractivity contribution is 6.10. The lowest BCUT2D eigenvalue weighted by atomic mass is 9.76. The Morgan fingerprint density at radius 2 is 1.93 bits per heavy atom. The number of benzene rings is 1. The van der Waals surface area contributed by atoms with Crippen molar-refractivity contribution in [2.75, 3.05) is 5.32 Å². The summed E-state index contributed by atoms with van der Waals surface area (Å²) in [7, 11) is 0. The van der Waals surface area contributed by atoms with Crippen molar-refractivity contribution in [3.8, 4) is 0 Å². The minimum atomic E-state index is -0.344. The molecule has 1 aliphatic carbocycles. The second-order valence-corrected chi connectivity index (χ2v) is 8.08. The zero-order chi connectivity index (χ0) is 19.3. The summed E-state index contributed by atoms with van der Waals surface area (Å²) in [6.45, 7) is 7.75. The number of carbonyl (C=O) groups excluding carboxylic acids is 2. The van der Waals surface area contributed by atoms with Gasteiger partial charge < -0.3 is 9.73 Å². The minimum Gasteiger partial charge on any atom is -0.455 e. The molecule has 5 nitrogen and oxygen atoms in total. The molecule has 0 radical (unpaired) electrons. The zero-order valence-corrected chi connectivity index (χ0v) is 16.0. The summed E-state index contributed by atoms with van der Waals surface area (Å²) in [4.78, 5) is 30.0. The first-order valence-electron chi connectivity index (χ1n) is 9.08. The summed E-state index contributed by atoms with van der Waals surface area (Å²) >= 11 is 0. The van der Waals surface area contributed by atoms with Gasteiger partial charge in [-0.1, -0.05) is 32.0 Å². The monoisotopic (exact) mass is 362 g/mol. The van der Waals surface area contributed by atoms with E-state index in [1.54, 1.807) is 6.92 Å².